The molecule has 0 radical (unpaired) electrons. The second kappa shape index (κ2) is 9.97. The van der Waals surface area contributed by atoms with Crippen molar-refractivity contribution in [3.05, 3.63) is 54.1 Å². The molecule has 0 aromatic heterocycles. The summed E-state index contributed by atoms with van der Waals surface area (Å²) >= 11 is 0. The molecule has 0 aliphatic rings. The van der Waals surface area contributed by atoms with Gasteiger partial charge >= 0.3 is 0 Å². The van der Waals surface area contributed by atoms with Crippen LogP contribution in [0.25, 0.3) is 0 Å². The van der Waals surface area contributed by atoms with E-state index in [4.69, 9.17) is 0 Å². The normalized spacial score (nSPS) is 12.7. The molecule has 27 heavy (non-hydrogen) atoms. The Balaban J connectivity index is 2.04. The van der Waals surface area contributed by atoms with Crippen molar-refractivity contribution in [1.82, 2.24) is 0 Å². The van der Waals surface area contributed by atoms with Gasteiger partial charge in [0.25, 0.3) is 0 Å². The van der Waals surface area contributed by atoms with Crippen molar-refractivity contribution in [2.45, 2.75) is 34.1 Å². The zero-order valence-corrected chi connectivity index (χ0v) is 16.9. The predicted molar refractivity (Wildman–Crippen MR) is 110 cm³/mol. The summed E-state index contributed by atoms with van der Waals surface area (Å²) in [6.07, 6.45) is 1.01. The van der Waals surface area contributed by atoms with Crippen molar-refractivity contribution in [2.24, 2.45) is 15.2 Å². The fourth-order valence-electron chi connectivity index (χ4n) is 2.98. The first-order chi connectivity index (χ1) is 13.0. The van der Waals surface area contributed by atoms with E-state index in [2.05, 4.69) is 55.0 Å². The van der Waals surface area contributed by atoms with E-state index in [1.807, 2.05) is 36.4 Å². The highest BCUT2D eigenvalue weighted by Gasteiger charge is 2.19. The fraction of sp³-hybridized carbons (Fsp3) is 0.409. The minimum absolute atomic E-state index is 0.0778. The zero-order chi connectivity index (χ0) is 19.7. The highest BCUT2D eigenvalue weighted by molar-refractivity contribution is 5.76. The molecule has 0 unspecified atom stereocenters. The van der Waals surface area contributed by atoms with E-state index >= 15 is 0 Å². The first-order valence-corrected chi connectivity index (χ1v) is 9.74. The van der Waals surface area contributed by atoms with E-state index in [9.17, 15) is 5.11 Å². The van der Waals surface area contributed by atoms with Gasteiger partial charge in [-0.05, 0) is 69.2 Å². The predicted octanol–water partition coefficient (Wildman–Crippen LogP) is 4.93. The standard InChI is InChI=1S/C22H30N4O/c1-5-18-9-11-20(12-10-18)24-25-21-15-13-19(14-16-21)23-22(27)17-26(6-2,7-3)8-4/h9-16H,5-8,17H2,1-4H3. The van der Waals surface area contributed by atoms with Crippen molar-refractivity contribution in [3.63, 3.8) is 0 Å². The van der Waals surface area contributed by atoms with Crippen LogP contribution in [-0.4, -0.2) is 36.6 Å². The molecule has 0 heterocycles. The maximum absolute atomic E-state index is 12.3. The summed E-state index contributed by atoms with van der Waals surface area (Å²) in [5.74, 6) is -0.0778. The molecule has 5 nitrogen and oxygen atoms in total. The number of hydrogen-bond donors (Lipinski definition) is 0. The molecule has 0 aliphatic heterocycles. The molecule has 0 fully saturated rings. The molecule has 0 atom stereocenters. The number of nitrogens with zero attached hydrogens (tertiary/aromatic N) is 4. The molecule has 0 aliphatic carbocycles. The first-order valence-electron chi connectivity index (χ1n) is 9.74. The van der Waals surface area contributed by atoms with Crippen LogP contribution < -0.4 is 5.11 Å². The molecule has 0 N–H and O–H groups in total. The molecule has 0 bridgehead atoms. The largest absolute Gasteiger partial charge is 0.858 e. The van der Waals surface area contributed by atoms with E-state index in [0.717, 1.165) is 41.9 Å². The number of rotatable bonds is 9. The highest BCUT2D eigenvalue weighted by Crippen LogP contribution is 2.22. The van der Waals surface area contributed by atoms with Crippen LogP contribution in [0.3, 0.4) is 0 Å². The smallest absolute Gasteiger partial charge is 0.108 e. The summed E-state index contributed by atoms with van der Waals surface area (Å²) in [5.41, 5.74) is 3.50. The maximum Gasteiger partial charge on any atom is 0.108 e. The van der Waals surface area contributed by atoms with Gasteiger partial charge in [-0.25, -0.2) is 0 Å². The molecule has 0 saturated carbocycles. The third-order valence-corrected chi connectivity index (χ3v) is 5.21. The van der Waals surface area contributed by atoms with Gasteiger partial charge < -0.3 is 9.59 Å². The zero-order valence-electron chi connectivity index (χ0n) is 16.9. The van der Waals surface area contributed by atoms with Crippen LogP contribution in [0.4, 0.5) is 17.1 Å². The lowest BCUT2D eigenvalue weighted by molar-refractivity contribution is -0.916. The van der Waals surface area contributed by atoms with Gasteiger partial charge in [0.1, 0.15) is 6.54 Å². The van der Waals surface area contributed by atoms with E-state index in [1.54, 1.807) is 0 Å². The van der Waals surface area contributed by atoms with E-state index < -0.39 is 0 Å². The Hall–Kier alpha value is -2.53. The number of quaternary nitrogens is 1. The number of aryl methyl sites for hydroxylation is 1. The van der Waals surface area contributed by atoms with E-state index in [-0.39, 0.29) is 5.90 Å². The second-order valence-corrected chi connectivity index (χ2v) is 6.69. The van der Waals surface area contributed by atoms with Gasteiger partial charge in [0.05, 0.1) is 36.7 Å². The minimum Gasteiger partial charge on any atom is -0.858 e. The topological polar surface area (TPSA) is 60.1 Å². The van der Waals surface area contributed by atoms with Crippen LogP contribution in [0.5, 0.6) is 0 Å². The number of azo groups is 1. The van der Waals surface area contributed by atoms with Crippen molar-refractivity contribution in [2.75, 3.05) is 26.2 Å². The molecule has 2 aromatic rings. The average molecular weight is 367 g/mol. The van der Waals surface area contributed by atoms with Crippen LogP contribution >= 0.6 is 0 Å². The first kappa shape index (κ1) is 20.8. The van der Waals surface area contributed by atoms with Gasteiger partial charge in [-0.1, -0.05) is 19.1 Å². The lowest BCUT2D eigenvalue weighted by Crippen LogP contribution is -2.53. The third-order valence-electron chi connectivity index (χ3n) is 5.21. The molecule has 2 rings (SSSR count). The summed E-state index contributed by atoms with van der Waals surface area (Å²) < 4.78 is 0.769. The number of benzene rings is 2. The summed E-state index contributed by atoms with van der Waals surface area (Å²) in [6, 6.07) is 15.3. The van der Waals surface area contributed by atoms with Gasteiger partial charge in [0.2, 0.25) is 0 Å². The van der Waals surface area contributed by atoms with Crippen LogP contribution in [0.2, 0.25) is 0 Å². The molecular weight excluding hydrogens is 336 g/mol. The van der Waals surface area contributed by atoms with Crippen molar-refractivity contribution in [1.29, 1.82) is 0 Å². The number of hydrogen-bond acceptors (Lipinski definition) is 4. The number of aliphatic imine (C=N–C) groups is 1. The van der Waals surface area contributed by atoms with E-state index in [0.29, 0.717) is 12.2 Å². The van der Waals surface area contributed by atoms with Crippen molar-refractivity contribution in [3.8, 4) is 0 Å². The summed E-state index contributed by atoms with van der Waals surface area (Å²) in [5, 5.41) is 20.8. The number of likely N-dealkylation sites (N-methyl/N-ethyl adjacent to an activating group) is 1. The third kappa shape index (κ3) is 6.00. The lowest BCUT2D eigenvalue weighted by atomic mass is 10.2. The molecule has 2 aromatic carbocycles. The Morgan fingerprint density at radius 1 is 0.741 bits per heavy atom. The Bertz CT molecular complexity index is 752. The fourth-order valence-corrected chi connectivity index (χ4v) is 2.98. The van der Waals surface area contributed by atoms with Crippen LogP contribution in [0.1, 0.15) is 33.3 Å². The van der Waals surface area contributed by atoms with Gasteiger partial charge in [0.15, 0.2) is 0 Å². The SMILES string of the molecule is CCc1ccc(N=Nc2ccc(N=C([O-])C[N+](CC)(CC)CC)cc2)cc1. The maximum atomic E-state index is 12.3. The van der Waals surface area contributed by atoms with Crippen molar-refractivity contribution < 1.29 is 9.59 Å². The Morgan fingerprint density at radius 2 is 1.19 bits per heavy atom. The van der Waals surface area contributed by atoms with Crippen LogP contribution in [0, 0.1) is 0 Å². The summed E-state index contributed by atoms with van der Waals surface area (Å²) in [7, 11) is 0. The van der Waals surface area contributed by atoms with Gasteiger partial charge in [-0.3, -0.25) is 4.99 Å². The lowest BCUT2D eigenvalue weighted by Gasteiger charge is -2.37. The molecular formula is C22H30N4O. The molecule has 5 heteroatoms. The highest BCUT2D eigenvalue weighted by atomic mass is 16.3. The second-order valence-electron chi connectivity index (χ2n) is 6.69. The summed E-state index contributed by atoms with van der Waals surface area (Å²) in [6.45, 7) is 11.7. The quantitative estimate of drug-likeness (QED) is 0.269. The van der Waals surface area contributed by atoms with E-state index in [1.165, 1.54) is 5.56 Å². The molecule has 144 valence electrons. The van der Waals surface area contributed by atoms with Crippen LogP contribution in [0.15, 0.2) is 63.8 Å². The van der Waals surface area contributed by atoms with Crippen LogP contribution in [-0.2, 0) is 6.42 Å². The van der Waals surface area contributed by atoms with Gasteiger partial charge in [-0.15, -0.1) is 0 Å². The van der Waals surface area contributed by atoms with Gasteiger partial charge in [-0.2, -0.15) is 10.2 Å². The molecule has 0 spiro atoms. The monoisotopic (exact) mass is 366 g/mol. The minimum atomic E-state index is -0.0778. The van der Waals surface area contributed by atoms with Crippen molar-refractivity contribution >= 4 is 23.0 Å². The molecule has 0 amide bonds. The summed E-state index contributed by atoms with van der Waals surface area (Å²) in [4.78, 5) is 4.24. The Kier molecular flexibility index (Phi) is 7.67. The Labute approximate surface area is 162 Å². The van der Waals surface area contributed by atoms with Gasteiger partial charge in [0, 0.05) is 5.90 Å². The molecule has 0 saturated heterocycles. The average Bonchev–Trinajstić information content (AvgIpc) is 2.72. The Morgan fingerprint density at radius 3 is 1.63 bits per heavy atom.